The molecule has 4 bridgehead atoms. The second-order valence-electron chi connectivity index (χ2n) is 17.4. The van der Waals surface area contributed by atoms with Crippen molar-refractivity contribution in [2.75, 3.05) is 17.2 Å². The van der Waals surface area contributed by atoms with Gasteiger partial charge in [0, 0.05) is 58.5 Å². The zero-order chi connectivity index (χ0) is 42.2. The quantitative estimate of drug-likeness (QED) is 0.129. The Bertz CT molecular complexity index is 3010. The number of thiophene rings is 1. The van der Waals surface area contributed by atoms with Crippen LogP contribution in [0.2, 0.25) is 10.0 Å². The summed E-state index contributed by atoms with van der Waals surface area (Å²) in [5, 5.41) is 22.1. The summed E-state index contributed by atoms with van der Waals surface area (Å²) in [4.78, 5) is 19.4. The number of aryl methyl sites for hydroxylation is 1. The average Bonchev–Trinajstić information content (AvgIpc) is 3.95. The van der Waals surface area contributed by atoms with Crippen molar-refractivity contribution in [2.24, 2.45) is 17.3 Å². The molecule has 12 rings (SSSR count). The number of aromatic nitrogens is 7. The van der Waals surface area contributed by atoms with E-state index in [0.29, 0.717) is 57.1 Å². The molecule has 2 unspecified atom stereocenters. The molecule has 0 amide bonds. The van der Waals surface area contributed by atoms with Crippen molar-refractivity contribution in [1.82, 2.24) is 39.0 Å². The molecular weight excluding hydrogens is 860 g/mol. The molecule has 62 heavy (non-hydrogen) atoms. The van der Waals surface area contributed by atoms with E-state index in [2.05, 4.69) is 59.8 Å². The van der Waals surface area contributed by atoms with Crippen LogP contribution < -0.4 is 10.6 Å². The van der Waals surface area contributed by atoms with Gasteiger partial charge in [-0.1, -0.05) is 53.5 Å². The highest BCUT2D eigenvalue weighted by Gasteiger charge is 2.58. The average molecular weight is 902 g/mol. The number of pyridine rings is 2. The zero-order valence-corrected chi connectivity index (χ0v) is 36.9. The van der Waals surface area contributed by atoms with Crippen LogP contribution in [-0.2, 0) is 28.5 Å². The number of anilines is 2. The van der Waals surface area contributed by atoms with Gasteiger partial charge in [0.15, 0.2) is 0 Å². The molecule has 0 spiro atoms. The van der Waals surface area contributed by atoms with Gasteiger partial charge in [0.25, 0.3) is 10.0 Å². The smallest absolute Gasteiger partial charge is 0.266 e. The normalized spacial score (nSPS) is 22.6. The number of hydrogen-bond donors (Lipinski definition) is 2. The fourth-order valence-electron chi connectivity index (χ4n) is 11.2. The van der Waals surface area contributed by atoms with E-state index in [4.69, 9.17) is 33.2 Å². The summed E-state index contributed by atoms with van der Waals surface area (Å²) in [6.45, 7) is 3.26. The maximum atomic E-state index is 14.0. The topological polar surface area (TPSA) is 144 Å². The highest BCUT2D eigenvalue weighted by molar-refractivity contribution is 7.89. The Morgan fingerprint density at radius 1 is 0.919 bits per heavy atom. The Kier molecular flexibility index (Phi) is 9.63. The van der Waals surface area contributed by atoms with Gasteiger partial charge in [0.1, 0.15) is 22.9 Å². The number of halogens is 2. The molecule has 5 aliphatic rings. The van der Waals surface area contributed by atoms with Crippen molar-refractivity contribution < 1.29 is 8.42 Å². The second-order valence-corrected chi connectivity index (χ2v) is 20.8. The Labute approximate surface area is 373 Å². The monoisotopic (exact) mass is 900 g/mol. The lowest BCUT2D eigenvalue weighted by Crippen LogP contribution is -2.56. The number of benzene rings is 2. The molecule has 4 saturated carbocycles. The maximum absolute atomic E-state index is 14.0. The molecule has 314 valence electrons. The summed E-state index contributed by atoms with van der Waals surface area (Å²) >= 11 is 14.7. The van der Waals surface area contributed by atoms with Gasteiger partial charge in [-0.05, 0) is 116 Å². The van der Waals surface area contributed by atoms with E-state index < -0.39 is 10.0 Å². The molecule has 4 fully saturated rings. The summed E-state index contributed by atoms with van der Waals surface area (Å²) in [7, 11) is -3.89. The first-order valence-electron chi connectivity index (χ1n) is 20.8. The zero-order valence-electron chi connectivity index (χ0n) is 33.8. The number of fused-ring (bicyclic) bond motifs is 2. The van der Waals surface area contributed by atoms with E-state index in [-0.39, 0.29) is 22.3 Å². The molecule has 5 aromatic heterocycles. The lowest BCUT2D eigenvalue weighted by atomic mass is 9.43. The number of rotatable bonds is 11. The van der Waals surface area contributed by atoms with Crippen LogP contribution in [0.5, 0.6) is 0 Å². The number of sulfonamides is 1. The molecule has 12 nitrogen and oxygen atoms in total. The minimum atomic E-state index is -3.89. The van der Waals surface area contributed by atoms with Gasteiger partial charge in [0.2, 0.25) is 5.95 Å². The van der Waals surface area contributed by atoms with Crippen LogP contribution in [0, 0.1) is 24.2 Å². The van der Waals surface area contributed by atoms with Crippen molar-refractivity contribution in [1.29, 1.82) is 0 Å². The van der Waals surface area contributed by atoms with Gasteiger partial charge in [0.05, 0.1) is 39.2 Å². The van der Waals surface area contributed by atoms with Gasteiger partial charge in [-0.25, -0.2) is 18.4 Å². The van der Waals surface area contributed by atoms with Crippen molar-refractivity contribution in [3.05, 3.63) is 135 Å². The lowest BCUT2D eigenvalue weighted by molar-refractivity contribution is -0.0660. The minimum absolute atomic E-state index is 0.0283. The van der Waals surface area contributed by atoms with E-state index in [1.165, 1.54) is 35.6 Å². The van der Waals surface area contributed by atoms with Crippen LogP contribution in [0.15, 0.2) is 101 Å². The Morgan fingerprint density at radius 2 is 1.76 bits per heavy atom. The van der Waals surface area contributed by atoms with E-state index in [1.807, 2.05) is 41.8 Å². The minimum Gasteiger partial charge on any atom is -0.369 e. The van der Waals surface area contributed by atoms with E-state index >= 15 is 0 Å². The largest absolute Gasteiger partial charge is 0.369 e. The van der Waals surface area contributed by atoms with Gasteiger partial charge >= 0.3 is 0 Å². The summed E-state index contributed by atoms with van der Waals surface area (Å²) in [5.41, 5.74) is 7.02. The maximum Gasteiger partial charge on any atom is 0.266 e. The molecule has 2 N–H and O–H groups in total. The third-order valence-electron chi connectivity index (χ3n) is 13.4. The Balaban J connectivity index is 0.847. The predicted molar refractivity (Wildman–Crippen MR) is 244 cm³/mol. The predicted octanol–water partition coefficient (Wildman–Crippen LogP) is 10.1. The third kappa shape index (κ3) is 6.73. The Hall–Kier alpha value is -5.41. The fourth-order valence-corrected chi connectivity index (χ4v) is 13.7. The van der Waals surface area contributed by atoms with Crippen molar-refractivity contribution in [3.8, 4) is 16.9 Å². The molecule has 4 aliphatic carbocycles. The number of hydrogen-bond acceptors (Lipinski definition) is 11. The number of nitrogens with zero attached hydrogens (tertiary/aromatic N) is 8. The van der Waals surface area contributed by atoms with Crippen LogP contribution in [0.25, 0.3) is 33.9 Å². The molecule has 7 aromatic rings. The fraction of sp³-hybridized carbons (Fsp3) is 0.304. The summed E-state index contributed by atoms with van der Waals surface area (Å²) < 4.78 is 31.2. The first-order valence-corrected chi connectivity index (χ1v) is 24.0. The second kappa shape index (κ2) is 15.1. The summed E-state index contributed by atoms with van der Waals surface area (Å²) in [6.07, 6.45) is 13.5. The van der Waals surface area contributed by atoms with Crippen LogP contribution in [0.1, 0.15) is 66.9 Å². The number of para-hydroxylation sites is 1. The van der Waals surface area contributed by atoms with E-state index in [9.17, 15) is 8.42 Å². The highest BCUT2D eigenvalue weighted by atomic mass is 35.5. The summed E-state index contributed by atoms with van der Waals surface area (Å²) in [6, 6.07) is 21.1. The van der Waals surface area contributed by atoms with Crippen LogP contribution in [-0.4, -0.2) is 54.0 Å². The SMILES string of the molecule is Cc1nnc(NCc2ccc(C34CC5CC(CC(CNc6ncnc7c6C=CN(S(=O)(=O)c6cccc8cccnc68)C7)(C5)C3)C4)nc2-c2ccsc2)n1-c1cccc(Cl)c1Cl. The van der Waals surface area contributed by atoms with Crippen molar-refractivity contribution >= 4 is 73.3 Å². The van der Waals surface area contributed by atoms with Crippen molar-refractivity contribution in [2.45, 2.75) is 68.8 Å². The third-order valence-corrected chi connectivity index (χ3v) is 16.7. The van der Waals surface area contributed by atoms with Crippen molar-refractivity contribution in [3.63, 3.8) is 0 Å². The van der Waals surface area contributed by atoms with Gasteiger partial charge in [-0.2, -0.15) is 11.3 Å². The van der Waals surface area contributed by atoms with Crippen LogP contribution in [0.4, 0.5) is 11.8 Å². The molecule has 2 aromatic carbocycles. The number of nitrogens with one attached hydrogen (secondary N) is 2. The van der Waals surface area contributed by atoms with E-state index in [0.717, 1.165) is 59.4 Å². The van der Waals surface area contributed by atoms with Gasteiger partial charge < -0.3 is 10.6 Å². The highest BCUT2D eigenvalue weighted by Crippen LogP contribution is 2.65. The molecule has 2 atom stereocenters. The molecule has 0 saturated heterocycles. The molecule has 16 heteroatoms. The molecule has 0 radical (unpaired) electrons. The lowest BCUT2D eigenvalue weighted by Gasteiger charge is -2.62. The van der Waals surface area contributed by atoms with Gasteiger partial charge in [-0.15, -0.1) is 10.2 Å². The molecule has 6 heterocycles. The summed E-state index contributed by atoms with van der Waals surface area (Å²) in [5.74, 6) is 3.25. The van der Waals surface area contributed by atoms with Gasteiger partial charge in [-0.3, -0.25) is 18.8 Å². The van der Waals surface area contributed by atoms with Crippen LogP contribution >= 0.6 is 34.5 Å². The van der Waals surface area contributed by atoms with E-state index in [1.54, 1.807) is 48.0 Å². The molecule has 1 aliphatic heterocycles. The Morgan fingerprint density at radius 3 is 2.60 bits per heavy atom. The standard InChI is InChI=1S/C46H42Cl2N10O2S2/c1-28-55-56-44(58(28)37-8-3-7-35(47)40(37)48)50-22-32-10-11-39(54-41(32)33-13-16-61-24-33)46-20-29-17-30(21-46)19-45(18-29,25-46)26-51-43-34-12-15-57(23-36(34)52-27-53-43)62(59,60)38-9-2-5-31-6-4-14-49-42(31)38/h2-16,24,27,29-30H,17-23,25-26H2,1H3,(H,50,56)(H,51,52,53). The van der Waals surface area contributed by atoms with Crippen LogP contribution in [0.3, 0.4) is 0 Å². The first-order chi connectivity index (χ1) is 30.1. The molecular formula is C46H42Cl2N10O2S2. The first kappa shape index (κ1) is 39.4.